The van der Waals surface area contributed by atoms with Gasteiger partial charge in [-0.05, 0) is 12.1 Å². The lowest BCUT2D eigenvalue weighted by Gasteiger charge is -2.08. The van der Waals surface area contributed by atoms with Crippen LogP contribution >= 0.6 is 12.4 Å². The third-order valence-electron chi connectivity index (χ3n) is 2.43. The van der Waals surface area contributed by atoms with E-state index in [1.54, 1.807) is 11.6 Å². The Morgan fingerprint density at radius 3 is 2.75 bits per heavy atom. The summed E-state index contributed by atoms with van der Waals surface area (Å²) in [5.74, 6) is 2.59. The zero-order valence-corrected chi connectivity index (χ0v) is 11.2. The van der Waals surface area contributed by atoms with Crippen molar-refractivity contribution in [2.24, 2.45) is 7.05 Å². The molecule has 1 N–H and O–H groups in total. The van der Waals surface area contributed by atoms with Crippen molar-refractivity contribution in [3.63, 3.8) is 0 Å². The van der Waals surface area contributed by atoms with E-state index in [1.807, 2.05) is 0 Å². The lowest BCUT2D eigenvalue weighted by atomic mass is 10.3. The fraction of sp³-hybridized carbons (Fsp3) is 0.250. The maximum atomic E-state index is 12.1. The number of aromatic nitrogens is 2. The summed E-state index contributed by atoms with van der Waals surface area (Å²) < 4.78 is 41.9. The van der Waals surface area contributed by atoms with Crippen LogP contribution in [0, 0.1) is 12.3 Å². The molecule has 108 valence electrons. The molecule has 0 aliphatic carbocycles. The van der Waals surface area contributed by atoms with Crippen LogP contribution in [0.25, 0.3) is 11.0 Å². The van der Waals surface area contributed by atoms with Crippen molar-refractivity contribution < 1.29 is 17.9 Å². The minimum absolute atomic E-state index is 0. The van der Waals surface area contributed by atoms with Gasteiger partial charge in [-0.1, -0.05) is 5.92 Å². The zero-order valence-electron chi connectivity index (χ0n) is 10.4. The summed E-state index contributed by atoms with van der Waals surface area (Å²) in [4.78, 5) is 4.21. The van der Waals surface area contributed by atoms with Crippen LogP contribution in [0.15, 0.2) is 18.2 Å². The SMILES string of the molecule is C#CCNc1nc2ccc(OC(F)(F)F)cc2n1C.Cl. The predicted molar refractivity (Wildman–Crippen MR) is 72.0 cm³/mol. The van der Waals surface area contributed by atoms with Crippen LogP contribution in [0.4, 0.5) is 19.1 Å². The van der Waals surface area contributed by atoms with Gasteiger partial charge in [-0.15, -0.1) is 32.0 Å². The molecule has 0 radical (unpaired) electrons. The lowest BCUT2D eigenvalue weighted by molar-refractivity contribution is -0.274. The van der Waals surface area contributed by atoms with E-state index in [4.69, 9.17) is 6.42 Å². The Kier molecular flexibility index (Phi) is 4.73. The number of ether oxygens (including phenoxy) is 1. The predicted octanol–water partition coefficient (Wildman–Crippen LogP) is 2.94. The molecule has 1 heterocycles. The molecular weight excluding hydrogens is 295 g/mol. The van der Waals surface area contributed by atoms with Crippen LogP contribution in [0.1, 0.15) is 0 Å². The highest BCUT2D eigenvalue weighted by atomic mass is 35.5. The van der Waals surface area contributed by atoms with Crippen LogP contribution in [0.5, 0.6) is 5.75 Å². The summed E-state index contributed by atoms with van der Waals surface area (Å²) in [6.45, 7) is 0.281. The van der Waals surface area contributed by atoms with Crippen molar-refractivity contribution in [1.82, 2.24) is 9.55 Å². The van der Waals surface area contributed by atoms with Crippen LogP contribution in [-0.4, -0.2) is 22.5 Å². The lowest BCUT2D eigenvalue weighted by Crippen LogP contribution is -2.17. The first kappa shape index (κ1) is 16.0. The molecule has 0 aliphatic heterocycles. The Labute approximate surface area is 119 Å². The van der Waals surface area contributed by atoms with Gasteiger partial charge in [0, 0.05) is 13.1 Å². The fourth-order valence-corrected chi connectivity index (χ4v) is 1.65. The Morgan fingerprint density at radius 2 is 2.15 bits per heavy atom. The standard InChI is InChI=1S/C12H10F3N3O.ClH/c1-3-6-16-11-17-9-5-4-8(19-12(13,14)15)7-10(9)18(11)2;/h1,4-5,7H,6H2,2H3,(H,16,17);1H. The van der Waals surface area contributed by atoms with E-state index < -0.39 is 6.36 Å². The molecule has 0 unspecified atom stereocenters. The second-order valence-electron chi connectivity index (χ2n) is 3.75. The van der Waals surface area contributed by atoms with Gasteiger partial charge in [0.15, 0.2) is 0 Å². The number of nitrogens with one attached hydrogen (secondary N) is 1. The molecule has 20 heavy (non-hydrogen) atoms. The van der Waals surface area contributed by atoms with Crippen molar-refractivity contribution in [3.05, 3.63) is 18.2 Å². The molecule has 0 bridgehead atoms. The molecule has 2 rings (SSSR count). The van der Waals surface area contributed by atoms with Crippen molar-refractivity contribution in [1.29, 1.82) is 0 Å². The number of alkyl halides is 3. The number of aryl methyl sites for hydroxylation is 1. The van der Waals surface area contributed by atoms with Gasteiger partial charge in [-0.2, -0.15) is 0 Å². The first-order valence-corrected chi connectivity index (χ1v) is 5.30. The molecule has 1 aromatic carbocycles. The minimum atomic E-state index is -4.71. The number of anilines is 1. The van der Waals surface area contributed by atoms with E-state index in [0.29, 0.717) is 17.0 Å². The Balaban J connectivity index is 0.00000200. The summed E-state index contributed by atoms with van der Waals surface area (Å²) in [5, 5.41) is 2.87. The second kappa shape index (κ2) is 5.92. The molecule has 0 spiro atoms. The monoisotopic (exact) mass is 305 g/mol. The van der Waals surface area contributed by atoms with Crippen LogP contribution in [0.3, 0.4) is 0 Å². The topological polar surface area (TPSA) is 39.1 Å². The third kappa shape index (κ3) is 3.48. The van der Waals surface area contributed by atoms with E-state index in [0.717, 1.165) is 0 Å². The van der Waals surface area contributed by atoms with Gasteiger partial charge < -0.3 is 14.6 Å². The smallest absolute Gasteiger partial charge is 0.406 e. The van der Waals surface area contributed by atoms with Gasteiger partial charge in [0.2, 0.25) is 5.95 Å². The number of hydrogen-bond donors (Lipinski definition) is 1. The van der Waals surface area contributed by atoms with Crippen molar-refractivity contribution >= 4 is 29.4 Å². The van der Waals surface area contributed by atoms with Crippen LogP contribution in [-0.2, 0) is 7.05 Å². The summed E-state index contributed by atoms with van der Waals surface area (Å²) >= 11 is 0. The Bertz CT molecular complexity index is 646. The molecule has 4 nitrogen and oxygen atoms in total. The maximum absolute atomic E-state index is 12.1. The number of terminal acetylenes is 1. The number of halogens is 4. The summed E-state index contributed by atoms with van der Waals surface area (Å²) in [5.41, 5.74) is 1.07. The number of fused-ring (bicyclic) bond motifs is 1. The zero-order chi connectivity index (χ0) is 14.0. The van der Waals surface area contributed by atoms with E-state index in [9.17, 15) is 13.2 Å². The number of imidazole rings is 1. The van der Waals surface area contributed by atoms with Gasteiger partial charge in [0.05, 0.1) is 17.6 Å². The van der Waals surface area contributed by atoms with Gasteiger partial charge in [0.1, 0.15) is 5.75 Å². The van der Waals surface area contributed by atoms with Crippen LogP contribution in [0.2, 0.25) is 0 Å². The average Bonchev–Trinajstić information content (AvgIpc) is 2.62. The largest absolute Gasteiger partial charge is 0.573 e. The van der Waals surface area contributed by atoms with E-state index >= 15 is 0 Å². The van der Waals surface area contributed by atoms with Gasteiger partial charge in [-0.3, -0.25) is 0 Å². The maximum Gasteiger partial charge on any atom is 0.573 e. The van der Waals surface area contributed by atoms with E-state index in [2.05, 4.69) is 21.0 Å². The van der Waals surface area contributed by atoms with Crippen molar-refractivity contribution in [2.45, 2.75) is 6.36 Å². The molecule has 0 amide bonds. The van der Waals surface area contributed by atoms with Gasteiger partial charge in [0.25, 0.3) is 0 Å². The van der Waals surface area contributed by atoms with Crippen molar-refractivity contribution in [2.75, 3.05) is 11.9 Å². The Morgan fingerprint density at radius 1 is 1.45 bits per heavy atom. The summed E-state index contributed by atoms with van der Waals surface area (Å²) in [6, 6.07) is 3.95. The quantitative estimate of drug-likeness (QED) is 0.886. The number of nitrogens with zero attached hydrogens (tertiary/aromatic N) is 2. The minimum Gasteiger partial charge on any atom is -0.406 e. The van der Waals surface area contributed by atoms with Gasteiger partial charge in [-0.25, -0.2) is 4.98 Å². The molecule has 0 fully saturated rings. The Hall–Kier alpha value is -2.07. The highest BCUT2D eigenvalue weighted by Gasteiger charge is 2.31. The molecule has 1 aromatic heterocycles. The fourth-order valence-electron chi connectivity index (χ4n) is 1.65. The molecule has 0 atom stereocenters. The third-order valence-corrected chi connectivity index (χ3v) is 2.43. The first-order chi connectivity index (χ1) is 8.90. The average molecular weight is 306 g/mol. The van der Waals surface area contributed by atoms with Crippen LogP contribution < -0.4 is 10.1 Å². The molecule has 8 heteroatoms. The highest BCUT2D eigenvalue weighted by molar-refractivity contribution is 5.85. The highest BCUT2D eigenvalue weighted by Crippen LogP contribution is 2.27. The molecule has 0 saturated heterocycles. The second-order valence-corrected chi connectivity index (χ2v) is 3.75. The van der Waals surface area contributed by atoms with E-state index in [-0.39, 0.29) is 24.7 Å². The van der Waals surface area contributed by atoms with Gasteiger partial charge >= 0.3 is 6.36 Å². The number of hydrogen-bond acceptors (Lipinski definition) is 3. The normalized spacial score (nSPS) is 10.8. The molecule has 2 aromatic rings. The van der Waals surface area contributed by atoms with E-state index in [1.165, 1.54) is 18.2 Å². The summed E-state index contributed by atoms with van der Waals surface area (Å²) in [6.07, 6.45) is 0.408. The number of benzene rings is 1. The molecular formula is C12H11ClF3N3O. The van der Waals surface area contributed by atoms with Crippen molar-refractivity contribution in [3.8, 4) is 18.1 Å². The first-order valence-electron chi connectivity index (χ1n) is 5.30. The number of rotatable bonds is 3. The molecule has 0 saturated carbocycles. The molecule has 0 aliphatic rings. The summed E-state index contributed by atoms with van der Waals surface area (Å²) in [7, 11) is 1.67.